The zero-order valence-corrected chi connectivity index (χ0v) is 20.6. The second kappa shape index (κ2) is 9.87. The Morgan fingerprint density at radius 2 is 1.91 bits per heavy atom. The molecule has 3 aliphatic rings. The fourth-order valence-electron chi connectivity index (χ4n) is 4.65. The normalized spacial score (nSPS) is 20.1. The number of nitrogens with one attached hydrogen (secondary N) is 2. The maximum absolute atomic E-state index is 13.1. The number of rotatable bonds is 6. The number of methoxy groups -OCH3 is 2. The molecule has 2 aromatic rings. The molecule has 2 saturated heterocycles. The van der Waals surface area contributed by atoms with E-state index < -0.39 is 0 Å². The Hall–Kier alpha value is -3.11. The fraction of sp³-hybridized carbons (Fsp3) is 0.440. The van der Waals surface area contributed by atoms with Gasteiger partial charge < -0.3 is 29.2 Å². The molecule has 1 spiro atoms. The first-order valence-electron chi connectivity index (χ1n) is 11.6. The van der Waals surface area contributed by atoms with Crippen LogP contribution < -0.4 is 29.6 Å². The van der Waals surface area contributed by atoms with E-state index in [1.807, 2.05) is 23.1 Å². The van der Waals surface area contributed by atoms with Crippen LogP contribution in [0.15, 0.2) is 36.4 Å². The Bertz CT molecular complexity index is 1120. The summed E-state index contributed by atoms with van der Waals surface area (Å²) in [5.74, 6) is 3.21. The number of benzene rings is 2. The maximum Gasteiger partial charge on any atom is 0.257 e. The Morgan fingerprint density at radius 3 is 2.69 bits per heavy atom. The highest BCUT2D eigenvalue weighted by Gasteiger charge is 2.44. The van der Waals surface area contributed by atoms with Gasteiger partial charge in [0.1, 0.15) is 11.5 Å². The average molecular weight is 500 g/mol. The molecule has 2 fully saturated rings. The Kier molecular flexibility index (Phi) is 6.66. The van der Waals surface area contributed by atoms with E-state index in [9.17, 15) is 9.59 Å². The van der Waals surface area contributed by atoms with Gasteiger partial charge in [-0.1, -0.05) is 6.07 Å². The summed E-state index contributed by atoms with van der Waals surface area (Å²) in [5, 5.41) is 6.57. The molecule has 1 atom stereocenters. The van der Waals surface area contributed by atoms with Gasteiger partial charge in [0.05, 0.1) is 30.7 Å². The van der Waals surface area contributed by atoms with Gasteiger partial charge in [-0.15, -0.1) is 11.8 Å². The lowest BCUT2D eigenvalue weighted by Crippen LogP contribution is -2.54. The third-order valence-corrected chi connectivity index (χ3v) is 8.26. The monoisotopic (exact) mass is 499 g/mol. The Labute approximate surface area is 208 Å². The first-order valence-corrected chi connectivity index (χ1v) is 12.6. The molecule has 0 saturated carbocycles. The van der Waals surface area contributed by atoms with Crippen LogP contribution in [0.25, 0.3) is 0 Å². The molecule has 0 radical (unpaired) electrons. The smallest absolute Gasteiger partial charge is 0.257 e. The number of ether oxygens (including phenoxy) is 4. The number of fused-ring (bicyclic) bond motifs is 1. The topological polar surface area (TPSA) is 98.4 Å². The van der Waals surface area contributed by atoms with Crippen molar-refractivity contribution in [1.29, 1.82) is 0 Å². The number of amides is 2. The third-order valence-electron chi connectivity index (χ3n) is 6.68. The first-order chi connectivity index (χ1) is 17.0. The van der Waals surface area contributed by atoms with Gasteiger partial charge in [-0.25, -0.2) is 0 Å². The molecule has 0 aliphatic carbocycles. The number of piperidine rings is 1. The van der Waals surface area contributed by atoms with Crippen molar-refractivity contribution in [1.82, 2.24) is 15.5 Å². The zero-order chi connectivity index (χ0) is 24.4. The lowest BCUT2D eigenvalue weighted by molar-refractivity contribution is -0.122. The van der Waals surface area contributed by atoms with E-state index in [-0.39, 0.29) is 29.5 Å². The van der Waals surface area contributed by atoms with E-state index in [0.29, 0.717) is 48.2 Å². The summed E-state index contributed by atoms with van der Waals surface area (Å²) in [7, 11) is 3.13. The number of likely N-dealkylation sites (tertiary alicyclic amines) is 1. The van der Waals surface area contributed by atoms with Gasteiger partial charge in [0.15, 0.2) is 11.5 Å². The van der Waals surface area contributed by atoms with Crippen LogP contribution in [0.1, 0.15) is 28.8 Å². The van der Waals surface area contributed by atoms with E-state index in [0.717, 1.165) is 24.2 Å². The number of hydrogen-bond acceptors (Lipinski definition) is 8. The Balaban J connectivity index is 1.14. The van der Waals surface area contributed by atoms with E-state index in [4.69, 9.17) is 18.9 Å². The lowest BCUT2D eigenvalue weighted by Gasteiger charge is -2.39. The molecule has 186 valence electrons. The van der Waals surface area contributed by atoms with Crippen molar-refractivity contribution in [2.75, 3.05) is 39.9 Å². The summed E-state index contributed by atoms with van der Waals surface area (Å²) in [5.41, 5.74) is 1.49. The minimum absolute atomic E-state index is 0.0199. The highest BCUT2D eigenvalue weighted by Crippen LogP contribution is 2.40. The molecule has 0 bridgehead atoms. The van der Waals surface area contributed by atoms with Gasteiger partial charge >= 0.3 is 0 Å². The molecule has 1 unspecified atom stereocenters. The van der Waals surface area contributed by atoms with Crippen molar-refractivity contribution in [2.24, 2.45) is 0 Å². The highest BCUT2D eigenvalue weighted by molar-refractivity contribution is 8.01. The van der Waals surface area contributed by atoms with Crippen LogP contribution in [0.2, 0.25) is 0 Å². The fourth-order valence-corrected chi connectivity index (χ4v) is 6.07. The van der Waals surface area contributed by atoms with Crippen molar-refractivity contribution in [2.45, 2.75) is 30.3 Å². The van der Waals surface area contributed by atoms with Gasteiger partial charge in [-0.2, -0.15) is 0 Å². The van der Waals surface area contributed by atoms with Gasteiger partial charge in [0.25, 0.3) is 5.91 Å². The second-order valence-electron chi connectivity index (χ2n) is 8.77. The molecule has 2 amide bonds. The molecule has 9 nitrogen and oxygen atoms in total. The van der Waals surface area contributed by atoms with Crippen LogP contribution in [0, 0.1) is 0 Å². The average Bonchev–Trinajstić information content (AvgIpc) is 3.54. The predicted molar refractivity (Wildman–Crippen MR) is 131 cm³/mol. The number of thioether (sulfide) groups is 1. The van der Waals surface area contributed by atoms with Crippen molar-refractivity contribution in [3.8, 4) is 23.0 Å². The molecule has 5 rings (SSSR count). The predicted octanol–water partition coefficient (Wildman–Crippen LogP) is 2.39. The van der Waals surface area contributed by atoms with Gasteiger partial charge in [-0.05, 0) is 42.7 Å². The minimum atomic E-state index is -0.266. The summed E-state index contributed by atoms with van der Waals surface area (Å²) in [4.78, 5) is 27.6. The number of nitrogens with zero attached hydrogens (tertiary/aromatic N) is 1. The van der Waals surface area contributed by atoms with Crippen molar-refractivity contribution in [3.63, 3.8) is 0 Å². The van der Waals surface area contributed by atoms with Crippen molar-refractivity contribution < 1.29 is 28.5 Å². The second-order valence-corrected chi connectivity index (χ2v) is 10.2. The van der Waals surface area contributed by atoms with Crippen LogP contribution in [-0.4, -0.2) is 67.5 Å². The molecule has 2 N–H and O–H groups in total. The number of hydrogen-bond donors (Lipinski definition) is 2. The van der Waals surface area contributed by atoms with E-state index in [1.165, 1.54) is 0 Å². The molecule has 0 aromatic heterocycles. The first kappa shape index (κ1) is 23.6. The van der Waals surface area contributed by atoms with Crippen molar-refractivity contribution >= 4 is 23.6 Å². The van der Waals surface area contributed by atoms with Crippen LogP contribution in [-0.2, 0) is 11.3 Å². The van der Waals surface area contributed by atoms with Gasteiger partial charge in [-0.3, -0.25) is 14.9 Å². The number of carbonyl (C=O) groups is 2. The summed E-state index contributed by atoms with van der Waals surface area (Å²) in [6.07, 6.45) is 1.54. The SMILES string of the molecule is COc1ccc(C(=O)N2CCC3(CC2)NC(C(=O)NCc2ccc4c(c2)OCO4)CS3)c(OC)c1. The lowest BCUT2D eigenvalue weighted by atomic mass is 10.0. The van der Waals surface area contributed by atoms with E-state index >= 15 is 0 Å². The van der Waals surface area contributed by atoms with Crippen molar-refractivity contribution in [3.05, 3.63) is 47.5 Å². The largest absolute Gasteiger partial charge is 0.497 e. The van der Waals surface area contributed by atoms with Crippen LogP contribution in [0.3, 0.4) is 0 Å². The molecular weight excluding hydrogens is 470 g/mol. The minimum Gasteiger partial charge on any atom is -0.497 e. The summed E-state index contributed by atoms with van der Waals surface area (Å²) >= 11 is 1.77. The standard InChI is InChI=1S/C25H29N3O6S/c1-31-17-4-5-18(21(12-17)32-2)24(30)28-9-7-25(8-10-28)27-19(14-35-25)23(29)26-13-16-3-6-20-22(11-16)34-15-33-20/h3-6,11-12,19,27H,7-10,13-15H2,1-2H3,(H,26,29). The van der Waals surface area contributed by atoms with E-state index in [2.05, 4.69) is 10.6 Å². The molecular formula is C25H29N3O6S. The molecule has 2 aromatic carbocycles. The van der Waals surface area contributed by atoms with Gasteiger partial charge in [0.2, 0.25) is 12.7 Å². The zero-order valence-electron chi connectivity index (χ0n) is 19.8. The van der Waals surface area contributed by atoms with Crippen LogP contribution >= 0.6 is 11.8 Å². The van der Waals surface area contributed by atoms with Crippen LogP contribution in [0.4, 0.5) is 0 Å². The quantitative estimate of drug-likeness (QED) is 0.625. The van der Waals surface area contributed by atoms with Crippen LogP contribution in [0.5, 0.6) is 23.0 Å². The summed E-state index contributed by atoms with van der Waals surface area (Å²) in [6, 6.07) is 10.6. The molecule has 3 heterocycles. The van der Waals surface area contributed by atoms with Gasteiger partial charge in [0, 0.05) is 31.5 Å². The summed E-state index contributed by atoms with van der Waals surface area (Å²) < 4.78 is 21.4. The maximum atomic E-state index is 13.1. The van der Waals surface area contributed by atoms with E-state index in [1.54, 1.807) is 44.2 Å². The highest BCUT2D eigenvalue weighted by atomic mass is 32.2. The molecule has 3 aliphatic heterocycles. The molecule has 10 heteroatoms. The summed E-state index contributed by atoms with van der Waals surface area (Å²) in [6.45, 7) is 1.88. The molecule has 35 heavy (non-hydrogen) atoms. The Morgan fingerprint density at radius 1 is 1.11 bits per heavy atom. The number of carbonyl (C=O) groups excluding carboxylic acids is 2. The third kappa shape index (κ3) is 4.85.